The number of hydrogen-bond acceptors (Lipinski definition) is 3. The van der Waals surface area contributed by atoms with Crippen LogP contribution in [0, 0.1) is 22.0 Å². The molecule has 3 nitrogen and oxygen atoms in total. The Balaban J connectivity index is 2.49. The summed E-state index contributed by atoms with van der Waals surface area (Å²) in [5.74, 6) is 1.66. The molecule has 0 saturated carbocycles. The van der Waals surface area contributed by atoms with Gasteiger partial charge in [0.2, 0.25) is 0 Å². The van der Waals surface area contributed by atoms with Crippen molar-refractivity contribution in [3.05, 3.63) is 28.5 Å². The number of imidazole rings is 1. The van der Waals surface area contributed by atoms with Crippen molar-refractivity contribution in [3.8, 4) is 6.07 Å². The number of nitriles is 1. The smallest absolute Gasteiger partial charge is 0.178 e. The van der Waals surface area contributed by atoms with Gasteiger partial charge in [-0.1, -0.05) is 13.0 Å². The van der Waals surface area contributed by atoms with Crippen LogP contribution in [0.5, 0.6) is 0 Å². The molecule has 94 valence electrons. The molecule has 0 bridgehead atoms. The number of thioether (sulfide) groups is 1. The summed E-state index contributed by atoms with van der Waals surface area (Å²) >= 11 is 7.19. The summed E-state index contributed by atoms with van der Waals surface area (Å²) in [5, 5.41) is 9.09. The Morgan fingerprint density at radius 3 is 3.00 bits per heavy atom. The number of benzene rings is 1. The van der Waals surface area contributed by atoms with E-state index in [1.807, 2.05) is 30.0 Å². The molecule has 1 atom stereocenters. The van der Waals surface area contributed by atoms with Crippen molar-refractivity contribution in [2.45, 2.75) is 13.5 Å². The third kappa shape index (κ3) is 2.45. The summed E-state index contributed by atoms with van der Waals surface area (Å²) in [6.07, 6.45) is 2.11. The lowest BCUT2D eigenvalue weighted by molar-refractivity contribution is 0.537. The maximum absolute atomic E-state index is 9.09. The van der Waals surface area contributed by atoms with E-state index in [0.717, 1.165) is 23.3 Å². The molecule has 0 spiro atoms. The van der Waals surface area contributed by atoms with E-state index in [-0.39, 0.29) is 0 Å². The molecule has 1 N–H and O–H groups in total. The lowest BCUT2D eigenvalue weighted by Crippen LogP contribution is -2.09. The van der Waals surface area contributed by atoms with Gasteiger partial charge in [0.1, 0.15) is 6.07 Å². The fourth-order valence-corrected chi connectivity index (χ4v) is 3.05. The van der Waals surface area contributed by atoms with Gasteiger partial charge in [0.15, 0.2) is 4.77 Å². The summed E-state index contributed by atoms with van der Waals surface area (Å²) in [7, 11) is 0. The highest BCUT2D eigenvalue weighted by Crippen LogP contribution is 2.20. The van der Waals surface area contributed by atoms with Crippen LogP contribution in [-0.2, 0) is 6.54 Å². The minimum atomic E-state index is 0.552. The lowest BCUT2D eigenvalue weighted by Gasteiger charge is -2.11. The first-order valence-electron chi connectivity index (χ1n) is 5.78. The average molecular weight is 277 g/mol. The predicted octanol–water partition coefficient (Wildman–Crippen LogP) is 3.57. The van der Waals surface area contributed by atoms with Crippen LogP contribution < -0.4 is 0 Å². The van der Waals surface area contributed by atoms with E-state index in [0.29, 0.717) is 16.3 Å². The Labute approximate surface area is 116 Å². The molecule has 0 radical (unpaired) electrons. The molecule has 2 rings (SSSR count). The molecule has 0 saturated heterocycles. The van der Waals surface area contributed by atoms with Crippen molar-refractivity contribution in [2.75, 3.05) is 12.0 Å². The number of nitrogens with zero attached hydrogens (tertiary/aromatic N) is 2. The van der Waals surface area contributed by atoms with Crippen LogP contribution in [0.3, 0.4) is 0 Å². The van der Waals surface area contributed by atoms with Gasteiger partial charge in [-0.05, 0) is 42.3 Å². The van der Waals surface area contributed by atoms with E-state index in [1.165, 1.54) is 0 Å². The van der Waals surface area contributed by atoms with Crippen LogP contribution >= 0.6 is 24.0 Å². The summed E-state index contributed by atoms with van der Waals surface area (Å²) in [5.41, 5.74) is 2.52. The molecule has 0 aliphatic carbocycles. The zero-order valence-electron chi connectivity index (χ0n) is 10.4. The highest BCUT2D eigenvalue weighted by molar-refractivity contribution is 7.98. The first-order chi connectivity index (χ1) is 8.67. The molecule has 0 aliphatic heterocycles. The minimum absolute atomic E-state index is 0.552. The molecule has 1 aromatic heterocycles. The van der Waals surface area contributed by atoms with Crippen LogP contribution in [0.25, 0.3) is 11.0 Å². The number of nitrogens with one attached hydrogen (secondary N) is 1. The zero-order valence-corrected chi connectivity index (χ0v) is 12.1. The molecule has 18 heavy (non-hydrogen) atoms. The van der Waals surface area contributed by atoms with Crippen molar-refractivity contribution in [1.29, 1.82) is 5.26 Å². The Morgan fingerprint density at radius 2 is 2.33 bits per heavy atom. The van der Waals surface area contributed by atoms with Gasteiger partial charge in [-0.2, -0.15) is 17.0 Å². The Morgan fingerprint density at radius 1 is 1.56 bits per heavy atom. The van der Waals surface area contributed by atoms with E-state index in [2.05, 4.69) is 28.8 Å². The van der Waals surface area contributed by atoms with Crippen molar-refractivity contribution < 1.29 is 0 Å². The number of aromatic amines is 1. The number of rotatable bonds is 4. The normalized spacial score (nSPS) is 12.5. The average Bonchev–Trinajstić information content (AvgIpc) is 2.66. The zero-order chi connectivity index (χ0) is 13.1. The molecule has 1 heterocycles. The number of aromatic nitrogens is 2. The quantitative estimate of drug-likeness (QED) is 0.869. The van der Waals surface area contributed by atoms with Crippen molar-refractivity contribution in [3.63, 3.8) is 0 Å². The number of para-hydroxylation sites is 1. The standard InChI is InChI=1S/C13H15N3S2/c1-9(8-18-2)7-16-11-5-3-4-10(6-14)12(11)15-13(16)17/h3-5,9H,7-8H2,1-2H3,(H,15,17). The molecule has 2 aromatic rings. The Kier molecular flexibility index (Phi) is 4.10. The second-order valence-electron chi connectivity index (χ2n) is 4.41. The number of hydrogen-bond donors (Lipinski definition) is 1. The minimum Gasteiger partial charge on any atom is -0.329 e. The third-order valence-corrected chi connectivity index (χ3v) is 4.10. The van der Waals surface area contributed by atoms with Gasteiger partial charge in [-0.3, -0.25) is 0 Å². The topological polar surface area (TPSA) is 44.5 Å². The van der Waals surface area contributed by atoms with Crippen molar-refractivity contribution in [1.82, 2.24) is 9.55 Å². The van der Waals surface area contributed by atoms with Gasteiger partial charge in [-0.25, -0.2) is 0 Å². The Bertz CT molecular complexity index is 648. The largest absolute Gasteiger partial charge is 0.329 e. The summed E-state index contributed by atoms with van der Waals surface area (Å²) < 4.78 is 2.78. The van der Waals surface area contributed by atoms with Gasteiger partial charge in [0, 0.05) is 6.54 Å². The first kappa shape index (κ1) is 13.2. The second kappa shape index (κ2) is 5.59. The monoisotopic (exact) mass is 277 g/mol. The van der Waals surface area contributed by atoms with Gasteiger partial charge in [0.05, 0.1) is 16.6 Å². The van der Waals surface area contributed by atoms with E-state index in [4.69, 9.17) is 17.5 Å². The van der Waals surface area contributed by atoms with Gasteiger partial charge < -0.3 is 9.55 Å². The van der Waals surface area contributed by atoms with Gasteiger partial charge in [-0.15, -0.1) is 0 Å². The number of H-pyrrole nitrogens is 1. The van der Waals surface area contributed by atoms with Gasteiger partial charge in [0.25, 0.3) is 0 Å². The van der Waals surface area contributed by atoms with Crippen LogP contribution in [0.1, 0.15) is 12.5 Å². The fourth-order valence-electron chi connectivity index (χ4n) is 2.10. The summed E-state index contributed by atoms with van der Waals surface area (Å²) in [6, 6.07) is 7.91. The van der Waals surface area contributed by atoms with Crippen LogP contribution in [0.2, 0.25) is 0 Å². The molecule has 1 aromatic carbocycles. The molecule has 5 heteroatoms. The highest BCUT2D eigenvalue weighted by atomic mass is 32.2. The predicted molar refractivity (Wildman–Crippen MR) is 79.4 cm³/mol. The third-order valence-electron chi connectivity index (χ3n) is 2.88. The first-order valence-corrected chi connectivity index (χ1v) is 7.58. The fraction of sp³-hybridized carbons (Fsp3) is 0.385. The highest BCUT2D eigenvalue weighted by Gasteiger charge is 2.10. The van der Waals surface area contributed by atoms with E-state index < -0.39 is 0 Å². The molecule has 0 amide bonds. The molecule has 1 unspecified atom stereocenters. The second-order valence-corrected chi connectivity index (χ2v) is 5.71. The molecule has 0 aliphatic rings. The van der Waals surface area contributed by atoms with Crippen LogP contribution in [-0.4, -0.2) is 21.6 Å². The lowest BCUT2D eigenvalue weighted by atomic mass is 10.2. The SMILES string of the molecule is CSCC(C)Cn1c(=S)[nH]c2c(C#N)cccc21. The van der Waals surface area contributed by atoms with Crippen LogP contribution in [0.15, 0.2) is 18.2 Å². The van der Waals surface area contributed by atoms with Gasteiger partial charge >= 0.3 is 0 Å². The van der Waals surface area contributed by atoms with E-state index >= 15 is 0 Å². The molecule has 0 fully saturated rings. The number of fused-ring (bicyclic) bond motifs is 1. The van der Waals surface area contributed by atoms with E-state index in [9.17, 15) is 0 Å². The van der Waals surface area contributed by atoms with Crippen LogP contribution in [0.4, 0.5) is 0 Å². The molecular formula is C13H15N3S2. The maximum atomic E-state index is 9.09. The Hall–Kier alpha value is -1.25. The maximum Gasteiger partial charge on any atom is 0.178 e. The van der Waals surface area contributed by atoms with Crippen molar-refractivity contribution in [2.24, 2.45) is 5.92 Å². The molecular weight excluding hydrogens is 262 g/mol. The summed E-state index contributed by atoms with van der Waals surface area (Å²) in [4.78, 5) is 3.14. The van der Waals surface area contributed by atoms with Crippen molar-refractivity contribution >= 4 is 35.0 Å². The van der Waals surface area contributed by atoms with E-state index in [1.54, 1.807) is 0 Å². The summed E-state index contributed by atoms with van der Waals surface area (Å²) in [6.45, 7) is 3.10.